The van der Waals surface area contributed by atoms with Crippen LogP contribution in [0.5, 0.6) is 0 Å². The summed E-state index contributed by atoms with van der Waals surface area (Å²) >= 11 is 0. The molecule has 3 atom stereocenters. The summed E-state index contributed by atoms with van der Waals surface area (Å²) in [5.41, 5.74) is 0.907. The summed E-state index contributed by atoms with van der Waals surface area (Å²) < 4.78 is 13.4. The van der Waals surface area contributed by atoms with E-state index in [2.05, 4.69) is 0 Å². The quantitative estimate of drug-likeness (QED) is 0.849. The molecular formula is C18H27FN2O3. The van der Waals surface area contributed by atoms with Crippen LogP contribution in [0.2, 0.25) is 0 Å². The van der Waals surface area contributed by atoms with Crippen molar-refractivity contribution in [2.45, 2.75) is 39.0 Å². The molecule has 0 aliphatic carbocycles. The number of amides is 1. The first-order valence-corrected chi connectivity index (χ1v) is 8.32. The Morgan fingerprint density at radius 3 is 2.42 bits per heavy atom. The van der Waals surface area contributed by atoms with Gasteiger partial charge in [-0.1, -0.05) is 13.8 Å². The maximum Gasteiger partial charge on any atom is 0.253 e. The molecule has 2 rings (SSSR count). The predicted molar refractivity (Wildman–Crippen MR) is 90.3 cm³/mol. The minimum atomic E-state index is -0.737. The van der Waals surface area contributed by atoms with E-state index in [1.807, 2.05) is 18.7 Å². The van der Waals surface area contributed by atoms with E-state index in [-0.39, 0.29) is 23.7 Å². The third kappa shape index (κ3) is 4.12. The van der Waals surface area contributed by atoms with E-state index >= 15 is 0 Å². The third-order valence-electron chi connectivity index (χ3n) is 4.77. The van der Waals surface area contributed by atoms with Crippen molar-refractivity contribution in [2.75, 3.05) is 26.7 Å². The van der Waals surface area contributed by atoms with E-state index in [0.717, 1.165) is 0 Å². The van der Waals surface area contributed by atoms with Gasteiger partial charge in [0.05, 0.1) is 12.2 Å². The summed E-state index contributed by atoms with van der Waals surface area (Å²) in [6, 6.07) is 4.31. The van der Waals surface area contributed by atoms with Gasteiger partial charge in [-0.3, -0.25) is 9.69 Å². The summed E-state index contributed by atoms with van der Waals surface area (Å²) in [5, 5.41) is 19.4. The fourth-order valence-electron chi connectivity index (χ4n) is 3.17. The van der Waals surface area contributed by atoms with E-state index in [1.165, 1.54) is 12.1 Å². The second-order valence-electron chi connectivity index (χ2n) is 7.04. The van der Waals surface area contributed by atoms with Crippen molar-refractivity contribution < 1.29 is 19.4 Å². The number of hydrogen-bond acceptors (Lipinski definition) is 4. The van der Waals surface area contributed by atoms with E-state index in [0.29, 0.717) is 30.8 Å². The molecule has 1 fully saturated rings. The number of rotatable bonds is 5. The molecule has 24 heavy (non-hydrogen) atoms. The smallest absolute Gasteiger partial charge is 0.253 e. The van der Waals surface area contributed by atoms with Gasteiger partial charge in [-0.15, -0.1) is 0 Å². The van der Waals surface area contributed by atoms with Gasteiger partial charge in [-0.05, 0) is 36.6 Å². The summed E-state index contributed by atoms with van der Waals surface area (Å²) in [5.74, 6) is -0.276. The van der Waals surface area contributed by atoms with Crippen molar-refractivity contribution in [3.8, 4) is 0 Å². The predicted octanol–water partition coefficient (Wildman–Crippen LogP) is 1.27. The second kappa shape index (κ2) is 7.59. The van der Waals surface area contributed by atoms with E-state index < -0.39 is 12.2 Å². The number of nitrogens with zero attached hydrogens (tertiary/aromatic N) is 2. The number of aliphatic hydroxyl groups excluding tert-OH is 2. The van der Waals surface area contributed by atoms with Gasteiger partial charge in [-0.25, -0.2) is 4.39 Å². The number of benzene rings is 1. The average molecular weight is 338 g/mol. The molecule has 6 heteroatoms. The molecule has 0 radical (unpaired) electrons. The van der Waals surface area contributed by atoms with Crippen molar-refractivity contribution >= 4 is 5.91 Å². The molecule has 1 amide bonds. The minimum Gasteiger partial charge on any atom is -0.389 e. The molecule has 1 heterocycles. The van der Waals surface area contributed by atoms with Crippen LogP contribution in [0.4, 0.5) is 4.39 Å². The first kappa shape index (κ1) is 18.8. The van der Waals surface area contributed by atoms with Crippen molar-refractivity contribution in [3.05, 3.63) is 35.1 Å². The van der Waals surface area contributed by atoms with Crippen LogP contribution in [0.3, 0.4) is 0 Å². The van der Waals surface area contributed by atoms with Crippen molar-refractivity contribution in [1.82, 2.24) is 9.80 Å². The first-order chi connectivity index (χ1) is 11.2. The van der Waals surface area contributed by atoms with Crippen molar-refractivity contribution in [2.24, 2.45) is 5.92 Å². The molecular weight excluding hydrogens is 311 g/mol. The average Bonchev–Trinajstić information content (AvgIpc) is 2.84. The number of likely N-dealkylation sites (tertiary alicyclic amines) is 1. The van der Waals surface area contributed by atoms with Crippen LogP contribution >= 0.6 is 0 Å². The molecule has 134 valence electrons. The zero-order chi connectivity index (χ0) is 18.0. The normalized spacial score (nSPS) is 22.8. The van der Waals surface area contributed by atoms with Gasteiger partial charge in [0.25, 0.3) is 5.91 Å². The SMILES string of the molecule is Cc1cc(C(=O)N(C)[C@H](CN2C[C@H](O)[C@@H](O)C2)C(C)C)ccc1F. The molecule has 0 aromatic heterocycles. The monoisotopic (exact) mass is 338 g/mol. The van der Waals surface area contributed by atoms with E-state index in [9.17, 15) is 19.4 Å². The molecule has 0 saturated carbocycles. The Hall–Kier alpha value is -1.50. The van der Waals surface area contributed by atoms with E-state index in [1.54, 1.807) is 24.9 Å². The Bertz CT molecular complexity index is 584. The lowest BCUT2D eigenvalue weighted by molar-refractivity contribution is 0.0572. The highest BCUT2D eigenvalue weighted by atomic mass is 19.1. The fourth-order valence-corrected chi connectivity index (χ4v) is 3.17. The fraction of sp³-hybridized carbons (Fsp3) is 0.611. The summed E-state index contributed by atoms with van der Waals surface area (Å²) in [7, 11) is 1.74. The van der Waals surface area contributed by atoms with Crippen LogP contribution in [0.1, 0.15) is 29.8 Å². The van der Waals surface area contributed by atoms with Crippen LogP contribution in [0.25, 0.3) is 0 Å². The molecule has 1 aromatic rings. The lowest BCUT2D eigenvalue weighted by Gasteiger charge is -2.34. The van der Waals surface area contributed by atoms with Crippen LogP contribution in [-0.4, -0.2) is 70.9 Å². The molecule has 0 unspecified atom stereocenters. The number of carbonyl (C=O) groups excluding carboxylic acids is 1. The summed E-state index contributed by atoms with van der Waals surface area (Å²) in [6.45, 7) is 7.10. The van der Waals surface area contributed by atoms with Gasteiger partial charge in [0.1, 0.15) is 5.82 Å². The Kier molecular flexibility index (Phi) is 5.96. The van der Waals surface area contributed by atoms with Gasteiger partial charge in [0.15, 0.2) is 0 Å². The van der Waals surface area contributed by atoms with Crippen molar-refractivity contribution in [1.29, 1.82) is 0 Å². The van der Waals surface area contributed by atoms with Crippen LogP contribution in [0.15, 0.2) is 18.2 Å². The Labute approximate surface area is 142 Å². The lowest BCUT2D eigenvalue weighted by atomic mass is 10.0. The molecule has 1 aliphatic heterocycles. The number of β-amino-alcohol motifs (C(OH)–C–C–N with tert-alkyl or cyclic N) is 2. The number of likely N-dealkylation sites (N-methyl/N-ethyl adjacent to an activating group) is 1. The second-order valence-corrected chi connectivity index (χ2v) is 7.04. The third-order valence-corrected chi connectivity index (χ3v) is 4.77. The maximum absolute atomic E-state index is 13.4. The Balaban J connectivity index is 2.11. The highest BCUT2D eigenvalue weighted by Crippen LogP contribution is 2.19. The van der Waals surface area contributed by atoms with Gasteiger partial charge in [-0.2, -0.15) is 0 Å². The standard InChI is InChI=1S/C18H27FN2O3/c1-11(2)15(8-21-9-16(22)17(23)10-21)20(4)18(24)13-5-6-14(19)12(3)7-13/h5-7,11,15-17,22-23H,8-10H2,1-4H3/t15-,16+,17+/m1/s1. The highest BCUT2D eigenvalue weighted by Gasteiger charge is 2.33. The zero-order valence-electron chi connectivity index (χ0n) is 14.7. The molecule has 1 aliphatic rings. The minimum absolute atomic E-state index is 0.0691. The van der Waals surface area contributed by atoms with Gasteiger partial charge in [0, 0.05) is 38.3 Å². The largest absolute Gasteiger partial charge is 0.389 e. The first-order valence-electron chi connectivity index (χ1n) is 8.32. The van der Waals surface area contributed by atoms with Gasteiger partial charge < -0.3 is 15.1 Å². The molecule has 1 saturated heterocycles. The maximum atomic E-state index is 13.4. The molecule has 0 spiro atoms. The summed E-state index contributed by atoms with van der Waals surface area (Å²) in [6.07, 6.45) is -1.47. The zero-order valence-corrected chi connectivity index (χ0v) is 14.7. The molecule has 0 bridgehead atoms. The van der Waals surface area contributed by atoms with Crippen LogP contribution in [0, 0.1) is 18.7 Å². The van der Waals surface area contributed by atoms with E-state index in [4.69, 9.17) is 0 Å². The lowest BCUT2D eigenvalue weighted by Crippen LogP contribution is -2.47. The van der Waals surface area contributed by atoms with Gasteiger partial charge in [0.2, 0.25) is 0 Å². The highest BCUT2D eigenvalue weighted by molar-refractivity contribution is 5.94. The molecule has 5 nitrogen and oxygen atoms in total. The number of hydrogen-bond donors (Lipinski definition) is 2. The Morgan fingerprint density at radius 1 is 1.33 bits per heavy atom. The van der Waals surface area contributed by atoms with Crippen molar-refractivity contribution in [3.63, 3.8) is 0 Å². The van der Waals surface area contributed by atoms with Crippen LogP contribution in [-0.2, 0) is 0 Å². The summed E-state index contributed by atoms with van der Waals surface area (Å²) in [4.78, 5) is 16.4. The number of aliphatic hydroxyl groups is 2. The number of halogens is 1. The molecule has 2 N–H and O–H groups in total. The van der Waals surface area contributed by atoms with Crippen LogP contribution < -0.4 is 0 Å². The number of aryl methyl sites for hydroxylation is 1. The number of carbonyl (C=O) groups is 1. The Morgan fingerprint density at radius 2 is 1.92 bits per heavy atom. The van der Waals surface area contributed by atoms with Gasteiger partial charge >= 0.3 is 0 Å². The molecule has 1 aromatic carbocycles. The topological polar surface area (TPSA) is 64.0 Å².